The largest absolute Gasteiger partial charge is 0.493 e. The molecule has 106 valence electrons. The Morgan fingerprint density at radius 2 is 1.84 bits per heavy atom. The predicted molar refractivity (Wildman–Crippen MR) is 76.5 cm³/mol. The molecule has 1 rings (SSSR count). The molecule has 4 nitrogen and oxygen atoms in total. The minimum absolute atomic E-state index is 0.388. The topological polar surface area (TPSA) is 47.6 Å². The van der Waals surface area contributed by atoms with Gasteiger partial charge in [-0.25, -0.2) is 0 Å². The number of carbonyl (C=O) groups is 1. The van der Waals surface area contributed by atoms with E-state index in [-0.39, 0.29) is 5.91 Å². The number of halogens is 2. The molecule has 0 aliphatic heterocycles. The number of ether oxygens (including phenoxy) is 2. The predicted octanol–water partition coefficient (Wildman–Crippen LogP) is 2.47. The molecule has 0 saturated carbocycles. The van der Waals surface area contributed by atoms with Crippen LogP contribution in [0.2, 0.25) is 0 Å². The Hall–Kier alpha value is -1.13. The SMILES string of the molecule is COc1cc(C)c(CCNC(=O)C(Cl)Cl)cc1OC. The summed E-state index contributed by atoms with van der Waals surface area (Å²) in [6, 6.07) is 3.81. The molecule has 0 unspecified atom stereocenters. The van der Waals surface area contributed by atoms with Crippen molar-refractivity contribution in [3.05, 3.63) is 23.3 Å². The van der Waals surface area contributed by atoms with Gasteiger partial charge in [0.15, 0.2) is 16.3 Å². The first kappa shape index (κ1) is 15.9. The van der Waals surface area contributed by atoms with Gasteiger partial charge in [0.1, 0.15) is 0 Å². The van der Waals surface area contributed by atoms with Gasteiger partial charge >= 0.3 is 0 Å². The van der Waals surface area contributed by atoms with Crippen molar-refractivity contribution in [2.45, 2.75) is 18.2 Å². The molecule has 0 radical (unpaired) electrons. The Labute approximate surface area is 123 Å². The average molecular weight is 306 g/mol. The van der Waals surface area contributed by atoms with Crippen LogP contribution < -0.4 is 14.8 Å². The minimum atomic E-state index is -1.04. The summed E-state index contributed by atoms with van der Waals surface area (Å²) >= 11 is 10.9. The monoisotopic (exact) mass is 305 g/mol. The summed E-state index contributed by atoms with van der Waals surface area (Å²) < 4.78 is 10.5. The van der Waals surface area contributed by atoms with Crippen LogP contribution in [0.1, 0.15) is 11.1 Å². The maximum Gasteiger partial charge on any atom is 0.253 e. The van der Waals surface area contributed by atoms with E-state index in [4.69, 9.17) is 32.7 Å². The number of methoxy groups -OCH3 is 2. The first-order chi connectivity index (χ1) is 8.99. The van der Waals surface area contributed by atoms with Gasteiger partial charge in [0.05, 0.1) is 14.2 Å². The van der Waals surface area contributed by atoms with Crippen LogP contribution in [0.5, 0.6) is 11.5 Å². The van der Waals surface area contributed by atoms with Gasteiger partial charge in [-0.05, 0) is 36.6 Å². The quantitative estimate of drug-likeness (QED) is 0.821. The number of rotatable bonds is 6. The van der Waals surface area contributed by atoms with Gasteiger partial charge in [0.2, 0.25) is 0 Å². The highest BCUT2D eigenvalue weighted by Crippen LogP contribution is 2.30. The lowest BCUT2D eigenvalue weighted by atomic mass is 10.0. The molecule has 0 bridgehead atoms. The molecular formula is C13H17Cl2NO3. The van der Waals surface area contributed by atoms with Gasteiger partial charge in [-0.1, -0.05) is 23.2 Å². The van der Waals surface area contributed by atoms with E-state index in [0.717, 1.165) is 11.1 Å². The average Bonchev–Trinajstić information content (AvgIpc) is 2.39. The molecule has 1 aromatic carbocycles. The van der Waals surface area contributed by atoms with E-state index in [1.165, 1.54) is 0 Å². The van der Waals surface area contributed by atoms with Gasteiger partial charge in [-0.2, -0.15) is 0 Å². The third-order valence-corrected chi connectivity index (χ3v) is 3.13. The summed E-state index contributed by atoms with van der Waals surface area (Å²) in [5, 5.41) is 2.65. The highest BCUT2D eigenvalue weighted by molar-refractivity contribution is 6.53. The molecular weight excluding hydrogens is 289 g/mol. The van der Waals surface area contributed by atoms with Crippen LogP contribution >= 0.6 is 23.2 Å². The fourth-order valence-corrected chi connectivity index (χ4v) is 1.84. The van der Waals surface area contributed by atoms with Crippen LogP contribution in [0.25, 0.3) is 0 Å². The smallest absolute Gasteiger partial charge is 0.253 e. The number of carbonyl (C=O) groups excluding carboxylic acids is 1. The first-order valence-electron chi connectivity index (χ1n) is 5.77. The zero-order valence-electron chi connectivity index (χ0n) is 11.1. The van der Waals surface area contributed by atoms with E-state index in [9.17, 15) is 4.79 Å². The molecule has 19 heavy (non-hydrogen) atoms. The lowest BCUT2D eigenvalue weighted by Crippen LogP contribution is -2.30. The van der Waals surface area contributed by atoms with E-state index in [2.05, 4.69) is 5.32 Å². The number of benzene rings is 1. The number of aryl methyl sites for hydroxylation is 1. The van der Waals surface area contributed by atoms with Gasteiger partial charge < -0.3 is 14.8 Å². The van der Waals surface area contributed by atoms with E-state index >= 15 is 0 Å². The van der Waals surface area contributed by atoms with Crippen molar-refractivity contribution in [1.29, 1.82) is 0 Å². The van der Waals surface area contributed by atoms with E-state index in [1.807, 2.05) is 19.1 Å². The van der Waals surface area contributed by atoms with Gasteiger partial charge in [-0.15, -0.1) is 0 Å². The molecule has 1 amide bonds. The van der Waals surface area contributed by atoms with Crippen molar-refractivity contribution in [3.8, 4) is 11.5 Å². The standard InChI is InChI=1S/C13H17Cl2NO3/c1-8-6-10(18-2)11(19-3)7-9(8)4-5-16-13(17)12(14)15/h6-7,12H,4-5H2,1-3H3,(H,16,17). The number of amides is 1. The lowest BCUT2D eigenvalue weighted by molar-refractivity contribution is -0.119. The molecule has 0 spiro atoms. The molecule has 0 atom stereocenters. The molecule has 0 saturated heterocycles. The van der Waals surface area contributed by atoms with Crippen LogP contribution in [0.4, 0.5) is 0 Å². The second-order valence-electron chi connectivity index (χ2n) is 3.98. The van der Waals surface area contributed by atoms with Crippen LogP contribution in [0, 0.1) is 6.92 Å². The Morgan fingerprint density at radius 1 is 1.26 bits per heavy atom. The number of nitrogens with one attached hydrogen (secondary N) is 1. The van der Waals surface area contributed by atoms with Crippen LogP contribution in [0.15, 0.2) is 12.1 Å². The van der Waals surface area contributed by atoms with Crippen molar-refractivity contribution >= 4 is 29.1 Å². The molecule has 0 aromatic heterocycles. The van der Waals surface area contributed by atoms with E-state index < -0.39 is 4.84 Å². The Balaban J connectivity index is 2.71. The summed E-state index contributed by atoms with van der Waals surface area (Å²) in [7, 11) is 3.18. The van der Waals surface area contributed by atoms with Crippen LogP contribution in [-0.2, 0) is 11.2 Å². The summed E-state index contributed by atoms with van der Waals surface area (Å²) in [5.41, 5.74) is 2.14. The van der Waals surface area contributed by atoms with Crippen molar-refractivity contribution in [1.82, 2.24) is 5.32 Å². The third kappa shape index (κ3) is 4.48. The zero-order valence-corrected chi connectivity index (χ0v) is 12.6. The van der Waals surface area contributed by atoms with Crippen molar-refractivity contribution in [3.63, 3.8) is 0 Å². The van der Waals surface area contributed by atoms with E-state index in [1.54, 1.807) is 14.2 Å². The Morgan fingerprint density at radius 3 is 2.37 bits per heavy atom. The molecule has 0 aliphatic rings. The maximum atomic E-state index is 11.2. The summed E-state index contributed by atoms with van der Waals surface area (Å²) in [6.07, 6.45) is 0.665. The number of alkyl halides is 2. The fourth-order valence-electron chi connectivity index (χ4n) is 1.69. The van der Waals surface area contributed by atoms with Gasteiger partial charge in [0, 0.05) is 6.54 Å². The van der Waals surface area contributed by atoms with Gasteiger partial charge in [-0.3, -0.25) is 4.79 Å². The minimum Gasteiger partial charge on any atom is -0.493 e. The number of hydrogen-bond donors (Lipinski definition) is 1. The lowest BCUT2D eigenvalue weighted by Gasteiger charge is -2.13. The second kappa shape index (κ2) is 7.46. The summed E-state index contributed by atoms with van der Waals surface area (Å²) in [5.74, 6) is 0.970. The second-order valence-corrected chi connectivity index (χ2v) is 5.07. The molecule has 0 aliphatic carbocycles. The number of hydrogen-bond acceptors (Lipinski definition) is 3. The molecule has 6 heteroatoms. The fraction of sp³-hybridized carbons (Fsp3) is 0.462. The molecule has 0 heterocycles. The molecule has 0 fully saturated rings. The summed E-state index contributed by atoms with van der Waals surface area (Å²) in [4.78, 5) is 10.2. The highest BCUT2D eigenvalue weighted by atomic mass is 35.5. The molecule has 1 aromatic rings. The Bertz CT molecular complexity index is 450. The van der Waals surface area contributed by atoms with Crippen molar-refractivity contribution in [2.24, 2.45) is 0 Å². The van der Waals surface area contributed by atoms with Crippen LogP contribution in [-0.4, -0.2) is 31.5 Å². The van der Waals surface area contributed by atoms with Crippen molar-refractivity contribution in [2.75, 3.05) is 20.8 Å². The zero-order chi connectivity index (χ0) is 14.4. The Kier molecular flexibility index (Phi) is 6.25. The highest BCUT2D eigenvalue weighted by Gasteiger charge is 2.12. The third-order valence-electron chi connectivity index (χ3n) is 2.73. The maximum absolute atomic E-state index is 11.2. The normalized spacial score (nSPS) is 10.4. The van der Waals surface area contributed by atoms with Gasteiger partial charge in [0.25, 0.3) is 5.91 Å². The summed E-state index contributed by atoms with van der Waals surface area (Å²) in [6.45, 7) is 2.44. The molecule has 1 N–H and O–H groups in total. The van der Waals surface area contributed by atoms with E-state index in [0.29, 0.717) is 24.5 Å². The van der Waals surface area contributed by atoms with Crippen LogP contribution in [0.3, 0.4) is 0 Å². The van der Waals surface area contributed by atoms with Crippen molar-refractivity contribution < 1.29 is 14.3 Å². The first-order valence-corrected chi connectivity index (χ1v) is 6.64.